The molecule has 4 rings (SSSR count). The molecule has 5 nitrogen and oxygen atoms in total. The zero-order chi connectivity index (χ0) is 16.7. The Balaban J connectivity index is 1.73. The van der Waals surface area contributed by atoms with Crippen LogP contribution >= 0.6 is 11.6 Å². The predicted molar refractivity (Wildman–Crippen MR) is 95.6 cm³/mol. The number of fused-ring (bicyclic) bond motifs is 1. The Kier molecular flexibility index (Phi) is 4.37. The van der Waals surface area contributed by atoms with Gasteiger partial charge in [0.25, 0.3) is 0 Å². The van der Waals surface area contributed by atoms with Crippen molar-refractivity contribution in [2.24, 2.45) is 5.92 Å². The molecule has 1 amide bonds. The first-order valence-corrected chi connectivity index (χ1v) is 9.61. The quantitative estimate of drug-likeness (QED) is 0.779. The van der Waals surface area contributed by atoms with Crippen LogP contribution in [0, 0.1) is 5.92 Å². The molecule has 3 aliphatic rings. The van der Waals surface area contributed by atoms with Gasteiger partial charge in [0, 0.05) is 13.1 Å². The number of anilines is 2. The lowest BCUT2D eigenvalue weighted by atomic mass is 9.93. The number of aromatic nitrogens is 2. The fourth-order valence-corrected chi connectivity index (χ4v) is 4.90. The number of carbonyl (C=O) groups is 1. The minimum Gasteiger partial charge on any atom is -0.340 e. The van der Waals surface area contributed by atoms with Crippen LogP contribution in [-0.2, 0) is 4.79 Å². The SMILES string of the molecule is CN1C(=O)[C@@H](CC2CCCC2)N(C2CCCC2)c2nc(Cl)ncc21. The molecule has 6 heteroatoms. The van der Waals surface area contributed by atoms with Crippen molar-refractivity contribution in [3.8, 4) is 0 Å². The van der Waals surface area contributed by atoms with Crippen molar-refractivity contribution in [2.45, 2.75) is 69.9 Å². The summed E-state index contributed by atoms with van der Waals surface area (Å²) in [6.07, 6.45) is 12.5. The van der Waals surface area contributed by atoms with Crippen molar-refractivity contribution < 1.29 is 4.79 Å². The number of rotatable bonds is 3. The second-order valence-corrected chi connectivity index (χ2v) is 7.83. The van der Waals surface area contributed by atoms with Crippen LogP contribution in [0.25, 0.3) is 0 Å². The monoisotopic (exact) mass is 348 g/mol. The summed E-state index contributed by atoms with van der Waals surface area (Å²) in [7, 11) is 1.84. The highest BCUT2D eigenvalue weighted by molar-refractivity contribution is 6.28. The van der Waals surface area contributed by atoms with E-state index in [9.17, 15) is 4.79 Å². The van der Waals surface area contributed by atoms with E-state index in [4.69, 9.17) is 11.6 Å². The molecule has 1 atom stereocenters. The third-order valence-corrected chi connectivity index (χ3v) is 6.21. The summed E-state index contributed by atoms with van der Waals surface area (Å²) in [5.74, 6) is 1.70. The van der Waals surface area contributed by atoms with Crippen LogP contribution in [0.15, 0.2) is 6.20 Å². The van der Waals surface area contributed by atoms with Gasteiger partial charge in [0.2, 0.25) is 11.2 Å². The number of hydrogen-bond acceptors (Lipinski definition) is 4. The smallest absolute Gasteiger partial charge is 0.249 e. The Labute approximate surface area is 148 Å². The largest absolute Gasteiger partial charge is 0.340 e. The molecule has 2 saturated carbocycles. The molecule has 0 N–H and O–H groups in total. The molecule has 0 spiro atoms. The Morgan fingerprint density at radius 1 is 1.17 bits per heavy atom. The summed E-state index contributed by atoms with van der Waals surface area (Å²) in [6, 6.07) is 0.304. The molecule has 2 fully saturated rings. The topological polar surface area (TPSA) is 49.3 Å². The third-order valence-electron chi connectivity index (χ3n) is 6.03. The van der Waals surface area contributed by atoms with Gasteiger partial charge in [-0.15, -0.1) is 0 Å². The molecular formula is C18H25ClN4O. The summed E-state index contributed by atoms with van der Waals surface area (Å²) in [5, 5.41) is 0.263. The zero-order valence-electron chi connectivity index (χ0n) is 14.2. The summed E-state index contributed by atoms with van der Waals surface area (Å²) in [6.45, 7) is 0. The molecule has 0 aromatic carbocycles. The average Bonchev–Trinajstić information content (AvgIpc) is 3.26. The van der Waals surface area contributed by atoms with Crippen molar-refractivity contribution in [1.82, 2.24) is 9.97 Å². The molecule has 0 unspecified atom stereocenters. The van der Waals surface area contributed by atoms with Gasteiger partial charge in [0.05, 0.1) is 6.20 Å². The van der Waals surface area contributed by atoms with Gasteiger partial charge >= 0.3 is 0 Å². The normalized spacial score (nSPS) is 25.6. The standard InChI is InChI=1S/C18H25ClN4O/c1-22-15-11-20-18(19)21-16(15)23(13-8-4-5-9-13)14(17(22)24)10-12-6-2-3-7-12/h11-14H,2-10H2,1H3/t14-/m1/s1. The number of nitrogens with zero attached hydrogens (tertiary/aromatic N) is 4. The van der Waals surface area contributed by atoms with E-state index in [0.29, 0.717) is 12.0 Å². The van der Waals surface area contributed by atoms with Crippen LogP contribution in [0.1, 0.15) is 57.8 Å². The summed E-state index contributed by atoms with van der Waals surface area (Å²) in [5.41, 5.74) is 0.791. The number of carbonyl (C=O) groups excluding carboxylic acids is 1. The molecule has 130 valence electrons. The van der Waals surface area contributed by atoms with E-state index >= 15 is 0 Å². The first-order valence-electron chi connectivity index (χ1n) is 9.23. The fraction of sp³-hybridized carbons (Fsp3) is 0.722. The van der Waals surface area contributed by atoms with E-state index in [-0.39, 0.29) is 17.2 Å². The Hall–Kier alpha value is -1.36. The van der Waals surface area contributed by atoms with Crippen molar-refractivity contribution in [3.63, 3.8) is 0 Å². The first-order chi connectivity index (χ1) is 11.6. The molecule has 0 radical (unpaired) electrons. The molecule has 2 heterocycles. The molecular weight excluding hydrogens is 324 g/mol. The second kappa shape index (κ2) is 6.51. The minimum atomic E-state index is -0.0975. The maximum absolute atomic E-state index is 13.1. The third kappa shape index (κ3) is 2.77. The van der Waals surface area contributed by atoms with Crippen LogP contribution in [0.5, 0.6) is 0 Å². The highest BCUT2D eigenvalue weighted by Gasteiger charge is 2.43. The van der Waals surface area contributed by atoms with Gasteiger partial charge in [-0.1, -0.05) is 38.5 Å². The van der Waals surface area contributed by atoms with Gasteiger partial charge in [-0.3, -0.25) is 4.79 Å². The van der Waals surface area contributed by atoms with E-state index in [1.54, 1.807) is 11.1 Å². The maximum atomic E-state index is 13.1. The van der Waals surface area contributed by atoms with E-state index in [2.05, 4.69) is 14.9 Å². The van der Waals surface area contributed by atoms with Crippen molar-refractivity contribution >= 4 is 29.0 Å². The van der Waals surface area contributed by atoms with E-state index in [1.165, 1.54) is 38.5 Å². The van der Waals surface area contributed by atoms with Gasteiger partial charge in [0.15, 0.2) is 5.82 Å². The van der Waals surface area contributed by atoms with Crippen LogP contribution in [0.2, 0.25) is 5.28 Å². The molecule has 2 aliphatic carbocycles. The first kappa shape index (κ1) is 16.1. The second-order valence-electron chi connectivity index (χ2n) is 7.49. The number of hydrogen-bond donors (Lipinski definition) is 0. The van der Waals surface area contributed by atoms with Crippen LogP contribution in [0.4, 0.5) is 11.5 Å². The van der Waals surface area contributed by atoms with Crippen LogP contribution < -0.4 is 9.80 Å². The van der Waals surface area contributed by atoms with E-state index in [0.717, 1.165) is 30.8 Å². The van der Waals surface area contributed by atoms with E-state index < -0.39 is 0 Å². The van der Waals surface area contributed by atoms with Gasteiger partial charge in [-0.2, -0.15) is 4.98 Å². The van der Waals surface area contributed by atoms with Crippen molar-refractivity contribution in [1.29, 1.82) is 0 Å². The lowest BCUT2D eigenvalue weighted by molar-refractivity contribution is -0.120. The molecule has 1 aromatic heterocycles. The molecule has 0 bridgehead atoms. The molecule has 24 heavy (non-hydrogen) atoms. The number of halogens is 1. The number of amides is 1. The van der Waals surface area contributed by atoms with Crippen LogP contribution in [0.3, 0.4) is 0 Å². The summed E-state index contributed by atoms with van der Waals surface area (Å²) < 4.78 is 0. The fourth-order valence-electron chi connectivity index (χ4n) is 4.77. The van der Waals surface area contributed by atoms with Crippen molar-refractivity contribution in [2.75, 3.05) is 16.8 Å². The van der Waals surface area contributed by atoms with Gasteiger partial charge in [0.1, 0.15) is 11.7 Å². The Morgan fingerprint density at radius 3 is 2.54 bits per heavy atom. The zero-order valence-corrected chi connectivity index (χ0v) is 15.0. The number of likely N-dealkylation sites (N-methyl/N-ethyl adjacent to an activating group) is 1. The highest BCUT2D eigenvalue weighted by Crippen LogP contribution is 2.41. The molecule has 1 aliphatic heterocycles. The Morgan fingerprint density at radius 2 is 1.83 bits per heavy atom. The van der Waals surface area contributed by atoms with E-state index in [1.807, 2.05) is 7.05 Å². The summed E-state index contributed by atoms with van der Waals surface area (Å²) >= 11 is 6.10. The Bertz CT molecular complexity index is 625. The summed E-state index contributed by atoms with van der Waals surface area (Å²) in [4.78, 5) is 25.8. The lowest BCUT2D eigenvalue weighted by Crippen LogP contribution is -2.56. The molecule has 0 saturated heterocycles. The van der Waals surface area contributed by atoms with Crippen LogP contribution in [-0.4, -0.2) is 35.0 Å². The maximum Gasteiger partial charge on any atom is 0.249 e. The lowest BCUT2D eigenvalue weighted by Gasteiger charge is -2.44. The van der Waals surface area contributed by atoms with Gasteiger partial charge < -0.3 is 9.80 Å². The molecule has 1 aromatic rings. The minimum absolute atomic E-state index is 0.0975. The predicted octanol–water partition coefficient (Wildman–Crippen LogP) is 3.80. The van der Waals surface area contributed by atoms with Gasteiger partial charge in [-0.05, 0) is 36.8 Å². The van der Waals surface area contributed by atoms with Gasteiger partial charge in [-0.25, -0.2) is 4.98 Å². The van der Waals surface area contributed by atoms with Crippen molar-refractivity contribution in [3.05, 3.63) is 11.5 Å². The highest BCUT2D eigenvalue weighted by atomic mass is 35.5. The average molecular weight is 349 g/mol.